The van der Waals surface area contributed by atoms with E-state index >= 15 is 0 Å². The number of nitrogens with one attached hydrogen (secondary N) is 1. The van der Waals surface area contributed by atoms with Gasteiger partial charge in [-0.2, -0.15) is 0 Å². The predicted octanol–water partition coefficient (Wildman–Crippen LogP) is 4.10. The number of rotatable bonds is 8. The Morgan fingerprint density at radius 2 is 2.06 bits per heavy atom. The molecule has 0 bridgehead atoms. The summed E-state index contributed by atoms with van der Waals surface area (Å²) in [6.07, 6.45) is 8.06. The summed E-state index contributed by atoms with van der Waals surface area (Å²) in [5.41, 5.74) is 2.98. The Balaban J connectivity index is 1.74. The molecule has 1 fully saturated rings. The maximum Gasteiger partial charge on any atom is 0.00954 e. The number of hydrogen-bond acceptors (Lipinski definition) is 1. The quantitative estimate of drug-likeness (QED) is 0.727. The zero-order chi connectivity index (χ0) is 12.8. The molecule has 0 aliphatic heterocycles. The first-order chi connectivity index (χ1) is 8.81. The summed E-state index contributed by atoms with van der Waals surface area (Å²) in [4.78, 5) is 0. The van der Waals surface area contributed by atoms with Crippen LogP contribution >= 0.6 is 0 Å². The van der Waals surface area contributed by atoms with E-state index in [-0.39, 0.29) is 0 Å². The van der Waals surface area contributed by atoms with Crippen molar-refractivity contribution in [1.82, 2.24) is 5.32 Å². The van der Waals surface area contributed by atoms with Gasteiger partial charge in [0.25, 0.3) is 0 Å². The van der Waals surface area contributed by atoms with Gasteiger partial charge in [0.2, 0.25) is 0 Å². The minimum Gasteiger partial charge on any atom is -0.314 e. The van der Waals surface area contributed by atoms with E-state index in [1.807, 2.05) is 0 Å². The van der Waals surface area contributed by atoms with Crippen LogP contribution in [0.25, 0.3) is 0 Å². The third-order valence-corrected chi connectivity index (χ3v) is 4.07. The van der Waals surface area contributed by atoms with Crippen molar-refractivity contribution in [2.75, 3.05) is 6.54 Å². The highest BCUT2D eigenvalue weighted by Gasteiger charge is 2.29. The lowest BCUT2D eigenvalue weighted by Crippen LogP contribution is -2.31. The third-order valence-electron chi connectivity index (χ3n) is 4.07. The monoisotopic (exact) mass is 245 g/mol. The van der Waals surface area contributed by atoms with Gasteiger partial charge in [-0.3, -0.25) is 0 Å². The minimum atomic E-state index is 0.786. The largest absolute Gasteiger partial charge is 0.314 e. The van der Waals surface area contributed by atoms with Crippen molar-refractivity contribution >= 4 is 0 Å². The van der Waals surface area contributed by atoms with Gasteiger partial charge in [0.05, 0.1) is 0 Å². The summed E-state index contributed by atoms with van der Waals surface area (Å²) in [5, 5.41) is 3.73. The molecular weight excluding hydrogens is 218 g/mol. The second-order valence-electron chi connectivity index (χ2n) is 5.72. The van der Waals surface area contributed by atoms with E-state index in [9.17, 15) is 0 Å². The van der Waals surface area contributed by atoms with Crippen molar-refractivity contribution in [2.45, 2.75) is 58.4 Å². The lowest BCUT2D eigenvalue weighted by atomic mass is 9.99. The van der Waals surface area contributed by atoms with E-state index in [1.165, 1.54) is 56.2 Å². The maximum atomic E-state index is 3.73. The highest BCUT2D eigenvalue weighted by Crippen LogP contribution is 2.34. The highest BCUT2D eigenvalue weighted by atomic mass is 14.9. The van der Waals surface area contributed by atoms with Crippen LogP contribution in [0.1, 0.15) is 50.2 Å². The molecule has 1 saturated carbocycles. The highest BCUT2D eigenvalue weighted by molar-refractivity contribution is 5.25. The van der Waals surface area contributed by atoms with Crippen LogP contribution < -0.4 is 5.32 Å². The van der Waals surface area contributed by atoms with Crippen molar-refractivity contribution in [2.24, 2.45) is 5.92 Å². The van der Waals surface area contributed by atoms with Gasteiger partial charge in [-0.25, -0.2) is 0 Å². The van der Waals surface area contributed by atoms with Crippen LogP contribution in [0.3, 0.4) is 0 Å². The lowest BCUT2D eigenvalue weighted by Gasteiger charge is -2.18. The van der Waals surface area contributed by atoms with Crippen LogP contribution in [0.2, 0.25) is 0 Å². The van der Waals surface area contributed by atoms with Crippen LogP contribution in [-0.2, 0) is 6.42 Å². The van der Waals surface area contributed by atoms with Gasteiger partial charge in [0, 0.05) is 6.04 Å². The van der Waals surface area contributed by atoms with Gasteiger partial charge in [-0.15, -0.1) is 0 Å². The molecule has 0 spiro atoms. The first-order valence-corrected chi connectivity index (χ1v) is 7.59. The summed E-state index contributed by atoms with van der Waals surface area (Å²) >= 11 is 0. The average Bonchev–Trinajstić information content (AvgIpc) is 3.20. The van der Waals surface area contributed by atoms with E-state index in [1.54, 1.807) is 0 Å². The SMILES string of the molecule is CCCNC(CCCc1ccccc1C)C1CC1. The summed E-state index contributed by atoms with van der Waals surface area (Å²) in [5.74, 6) is 0.980. The molecule has 0 saturated heterocycles. The zero-order valence-electron chi connectivity index (χ0n) is 11.9. The zero-order valence-corrected chi connectivity index (χ0v) is 11.9. The van der Waals surface area contributed by atoms with E-state index < -0.39 is 0 Å². The molecule has 1 aromatic rings. The van der Waals surface area contributed by atoms with Crippen molar-refractivity contribution in [1.29, 1.82) is 0 Å². The van der Waals surface area contributed by atoms with Crippen LogP contribution in [-0.4, -0.2) is 12.6 Å². The van der Waals surface area contributed by atoms with Crippen molar-refractivity contribution in [3.63, 3.8) is 0 Å². The molecule has 1 aromatic carbocycles. The second kappa shape index (κ2) is 6.94. The number of aryl methyl sites for hydroxylation is 2. The fourth-order valence-corrected chi connectivity index (χ4v) is 2.74. The fourth-order valence-electron chi connectivity index (χ4n) is 2.74. The van der Waals surface area contributed by atoms with Crippen molar-refractivity contribution in [3.8, 4) is 0 Å². The summed E-state index contributed by atoms with van der Waals surface area (Å²) in [6.45, 7) is 5.67. The van der Waals surface area contributed by atoms with Crippen LogP contribution in [0.15, 0.2) is 24.3 Å². The van der Waals surface area contributed by atoms with E-state index in [4.69, 9.17) is 0 Å². The summed E-state index contributed by atoms with van der Waals surface area (Å²) in [7, 11) is 0. The van der Waals surface area contributed by atoms with Crippen molar-refractivity contribution < 1.29 is 0 Å². The van der Waals surface area contributed by atoms with Gasteiger partial charge < -0.3 is 5.32 Å². The molecule has 0 heterocycles. The first-order valence-electron chi connectivity index (χ1n) is 7.59. The molecule has 1 N–H and O–H groups in total. The molecule has 1 heteroatoms. The lowest BCUT2D eigenvalue weighted by molar-refractivity contribution is 0.425. The Bertz CT molecular complexity index is 354. The summed E-state index contributed by atoms with van der Waals surface area (Å²) in [6, 6.07) is 9.59. The van der Waals surface area contributed by atoms with E-state index in [2.05, 4.69) is 43.4 Å². The fraction of sp³-hybridized carbons (Fsp3) is 0.647. The minimum absolute atomic E-state index is 0.786. The molecule has 0 aromatic heterocycles. The molecule has 1 unspecified atom stereocenters. The van der Waals surface area contributed by atoms with Crippen LogP contribution in [0.5, 0.6) is 0 Å². The van der Waals surface area contributed by atoms with Gasteiger partial charge in [-0.1, -0.05) is 31.2 Å². The number of hydrogen-bond donors (Lipinski definition) is 1. The van der Waals surface area contributed by atoms with Gasteiger partial charge in [0.15, 0.2) is 0 Å². The second-order valence-corrected chi connectivity index (χ2v) is 5.72. The standard InChI is InChI=1S/C17H27N/c1-3-13-18-17(16-11-12-16)10-6-9-15-8-5-4-7-14(15)2/h4-5,7-8,16-18H,3,6,9-13H2,1-2H3. The third kappa shape index (κ3) is 4.13. The predicted molar refractivity (Wildman–Crippen MR) is 78.9 cm³/mol. The Morgan fingerprint density at radius 1 is 1.28 bits per heavy atom. The molecule has 0 radical (unpaired) electrons. The first kappa shape index (κ1) is 13.6. The van der Waals surface area contributed by atoms with Gasteiger partial charge in [0.1, 0.15) is 0 Å². The summed E-state index contributed by atoms with van der Waals surface area (Å²) < 4.78 is 0. The number of benzene rings is 1. The van der Waals surface area contributed by atoms with Crippen LogP contribution in [0.4, 0.5) is 0 Å². The molecule has 0 amide bonds. The Morgan fingerprint density at radius 3 is 2.72 bits per heavy atom. The Labute approximate surface area is 112 Å². The molecular formula is C17H27N. The topological polar surface area (TPSA) is 12.0 Å². The van der Waals surface area contributed by atoms with Crippen molar-refractivity contribution in [3.05, 3.63) is 35.4 Å². The maximum absolute atomic E-state index is 3.73. The molecule has 1 nitrogen and oxygen atoms in total. The normalized spacial score (nSPS) is 16.8. The smallest absolute Gasteiger partial charge is 0.00954 e. The molecule has 1 atom stereocenters. The molecule has 2 rings (SSSR count). The average molecular weight is 245 g/mol. The van der Waals surface area contributed by atoms with E-state index in [0.29, 0.717) is 0 Å². The Hall–Kier alpha value is -0.820. The Kier molecular flexibility index (Phi) is 5.25. The molecule has 100 valence electrons. The molecule has 18 heavy (non-hydrogen) atoms. The van der Waals surface area contributed by atoms with Gasteiger partial charge >= 0.3 is 0 Å². The van der Waals surface area contributed by atoms with E-state index in [0.717, 1.165) is 12.0 Å². The van der Waals surface area contributed by atoms with Crippen LogP contribution in [0, 0.1) is 12.8 Å². The molecule has 1 aliphatic carbocycles. The molecule has 1 aliphatic rings. The van der Waals surface area contributed by atoms with Gasteiger partial charge in [-0.05, 0) is 69.0 Å².